The molecule has 0 fully saturated rings. The van der Waals surface area contributed by atoms with Crippen LogP contribution in [-0.2, 0) is 17.4 Å². The minimum atomic E-state index is -4.39. The highest BCUT2D eigenvalue weighted by molar-refractivity contribution is 7.80. The Morgan fingerprint density at radius 3 is 2.35 bits per heavy atom. The Morgan fingerprint density at radius 2 is 1.77 bits per heavy atom. The molecule has 0 saturated carbocycles. The molecule has 1 heterocycles. The van der Waals surface area contributed by atoms with Crippen molar-refractivity contribution < 1.29 is 26.7 Å². The Hall–Kier alpha value is -2.32. The van der Waals surface area contributed by atoms with Crippen LogP contribution in [0.3, 0.4) is 0 Å². The molecule has 1 atom stereocenters. The van der Waals surface area contributed by atoms with Gasteiger partial charge in [0.1, 0.15) is 11.4 Å². The van der Waals surface area contributed by atoms with E-state index in [1.54, 1.807) is 18.2 Å². The Bertz CT molecular complexity index is 890. The van der Waals surface area contributed by atoms with E-state index in [1.165, 1.54) is 12.1 Å². The van der Waals surface area contributed by atoms with E-state index in [4.69, 9.17) is 4.74 Å². The van der Waals surface area contributed by atoms with Gasteiger partial charge in [-0.2, -0.15) is 13.2 Å². The summed E-state index contributed by atoms with van der Waals surface area (Å²) in [5.41, 5.74) is 0.919. The van der Waals surface area contributed by atoms with E-state index < -0.39 is 28.6 Å². The van der Waals surface area contributed by atoms with Gasteiger partial charge in [0.15, 0.2) is 0 Å². The molecule has 1 unspecified atom stereocenters. The van der Waals surface area contributed by atoms with Crippen molar-refractivity contribution in [2.45, 2.75) is 25.6 Å². The van der Waals surface area contributed by atoms with Crippen molar-refractivity contribution in [3.05, 3.63) is 65.2 Å². The SMILES string of the molecule is CC1(C)C=C(c2ccc(C(F)(F)F)cc2)c2ccc(NS(=O)[O-])cc2O1. The van der Waals surface area contributed by atoms with Crippen LogP contribution in [0.5, 0.6) is 5.75 Å². The Morgan fingerprint density at radius 1 is 1.12 bits per heavy atom. The maximum Gasteiger partial charge on any atom is 0.416 e. The first kappa shape index (κ1) is 18.5. The van der Waals surface area contributed by atoms with Gasteiger partial charge in [0, 0.05) is 28.6 Å². The molecule has 1 N–H and O–H groups in total. The van der Waals surface area contributed by atoms with Crippen LogP contribution in [-0.4, -0.2) is 14.4 Å². The van der Waals surface area contributed by atoms with Crippen LogP contribution >= 0.6 is 0 Å². The van der Waals surface area contributed by atoms with Gasteiger partial charge in [0.25, 0.3) is 0 Å². The first-order valence-corrected chi connectivity index (χ1v) is 8.72. The smallest absolute Gasteiger partial charge is 0.416 e. The predicted molar refractivity (Wildman–Crippen MR) is 92.2 cm³/mol. The fraction of sp³-hybridized carbons (Fsp3) is 0.222. The number of nitrogens with one attached hydrogen (secondary N) is 1. The molecule has 0 aromatic heterocycles. The fourth-order valence-electron chi connectivity index (χ4n) is 2.80. The molecule has 1 aliphatic rings. The lowest BCUT2D eigenvalue weighted by atomic mass is 9.89. The molecule has 0 amide bonds. The van der Waals surface area contributed by atoms with Gasteiger partial charge in [-0.15, -0.1) is 0 Å². The van der Waals surface area contributed by atoms with E-state index in [0.29, 0.717) is 22.6 Å². The third-order valence-corrected chi connectivity index (χ3v) is 4.26. The van der Waals surface area contributed by atoms with Crippen molar-refractivity contribution in [1.29, 1.82) is 0 Å². The standard InChI is InChI=1S/C18H16F3NO3S/c1-17(2)10-15(11-3-5-12(6-4-11)18(19,20)21)14-8-7-13(22-26(23)24)9-16(14)25-17/h3-10,22H,1-2H3,(H,23,24)/p-1. The second kappa shape index (κ2) is 6.44. The zero-order valence-electron chi connectivity index (χ0n) is 13.9. The Balaban J connectivity index is 2.04. The maximum atomic E-state index is 12.8. The average molecular weight is 382 g/mol. The lowest BCUT2D eigenvalue weighted by Gasteiger charge is -2.32. The second-order valence-corrected chi connectivity index (χ2v) is 7.06. The number of fused-ring (bicyclic) bond motifs is 1. The number of hydrogen-bond donors (Lipinski definition) is 1. The summed E-state index contributed by atoms with van der Waals surface area (Å²) in [5.74, 6) is 0.447. The Kier molecular flexibility index (Phi) is 4.58. The van der Waals surface area contributed by atoms with Crippen molar-refractivity contribution in [2.24, 2.45) is 0 Å². The van der Waals surface area contributed by atoms with Gasteiger partial charge in [-0.05, 0) is 55.3 Å². The fourth-order valence-corrected chi connectivity index (χ4v) is 3.12. The molecule has 2 aromatic carbocycles. The van der Waals surface area contributed by atoms with Gasteiger partial charge < -0.3 is 14.0 Å². The molecule has 2 aromatic rings. The minimum Gasteiger partial charge on any atom is -0.755 e. The van der Waals surface area contributed by atoms with Crippen LogP contribution < -0.4 is 9.46 Å². The molecule has 0 saturated heterocycles. The van der Waals surface area contributed by atoms with Gasteiger partial charge in [0.05, 0.1) is 5.56 Å². The quantitative estimate of drug-likeness (QED) is 0.795. The van der Waals surface area contributed by atoms with Crippen LogP contribution in [0, 0.1) is 0 Å². The summed E-state index contributed by atoms with van der Waals surface area (Å²) >= 11 is -2.47. The zero-order valence-corrected chi connectivity index (χ0v) is 14.7. The van der Waals surface area contributed by atoms with E-state index in [-0.39, 0.29) is 0 Å². The molecule has 8 heteroatoms. The van der Waals surface area contributed by atoms with Gasteiger partial charge in [-0.3, -0.25) is 4.21 Å². The number of benzene rings is 2. The number of anilines is 1. The third kappa shape index (κ3) is 3.91. The van der Waals surface area contributed by atoms with Crippen LogP contribution in [0.2, 0.25) is 0 Å². The van der Waals surface area contributed by atoms with Crippen molar-refractivity contribution in [3.8, 4) is 5.75 Å². The monoisotopic (exact) mass is 382 g/mol. The Labute approximate surface area is 151 Å². The lowest BCUT2D eigenvalue weighted by molar-refractivity contribution is -0.137. The van der Waals surface area contributed by atoms with Crippen LogP contribution in [0.25, 0.3) is 5.57 Å². The van der Waals surface area contributed by atoms with Crippen molar-refractivity contribution in [1.82, 2.24) is 0 Å². The predicted octanol–water partition coefficient (Wildman–Crippen LogP) is 4.51. The minimum absolute atomic E-state index is 0.335. The molecule has 138 valence electrons. The highest BCUT2D eigenvalue weighted by atomic mass is 32.2. The van der Waals surface area contributed by atoms with E-state index >= 15 is 0 Å². The number of halogens is 3. The number of hydrogen-bond acceptors (Lipinski definition) is 3. The van der Waals surface area contributed by atoms with Gasteiger partial charge >= 0.3 is 6.18 Å². The number of ether oxygens (including phenoxy) is 1. The molecule has 3 rings (SSSR count). The normalized spacial score (nSPS) is 16.9. The van der Waals surface area contributed by atoms with Crippen molar-refractivity contribution in [2.75, 3.05) is 4.72 Å². The molecule has 26 heavy (non-hydrogen) atoms. The number of rotatable bonds is 3. The lowest BCUT2D eigenvalue weighted by Crippen LogP contribution is -2.29. The first-order valence-electron chi connectivity index (χ1n) is 7.65. The molecule has 0 spiro atoms. The summed E-state index contributed by atoms with van der Waals surface area (Å²) in [5, 5.41) is 0. The van der Waals surface area contributed by atoms with E-state index in [9.17, 15) is 21.9 Å². The van der Waals surface area contributed by atoms with Gasteiger partial charge in [0.2, 0.25) is 0 Å². The van der Waals surface area contributed by atoms with Crippen molar-refractivity contribution >= 4 is 22.5 Å². The van der Waals surface area contributed by atoms with Crippen LogP contribution in [0.1, 0.15) is 30.5 Å². The topological polar surface area (TPSA) is 61.4 Å². The van der Waals surface area contributed by atoms with E-state index in [0.717, 1.165) is 17.7 Å². The summed E-state index contributed by atoms with van der Waals surface area (Å²) < 4.78 is 68.1. The molecule has 0 bridgehead atoms. The summed E-state index contributed by atoms with van der Waals surface area (Å²) in [6.07, 6.45) is -2.56. The van der Waals surface area contributed by atoms with Crippen LogP contribution in [0.4, 0.5) is 18.9 Å². The largest absolute Gasteiger partial charge is 0.755 e. The molecule has 4 nitrogen and oxygen atoms in total. The molecule has 0 aliphatic carbocycles. The van der Waals surface area contributed by atoms with E-state index in [2.05, 4.69) is 4.72 Å². The number of alkyl halides is 3. The highest BCUT2D eigenvalue weighted by Gasteiger charge is 2.31. The maximum absolute atomic E-state index is 12.8. The summed E-state index contributed by atoms with van der Waals surface area (Å²) in [6.45, 7) is 3.62. The van der Waals surface area contributed by atoms with E-state index in [1.807, 2.05) is 19.9 Å². The molecule has 0 radical (unpaired) electrons. The molecular formula is C18H15F3NO3S-. The van der Waals surface area contributed by atoms with Crippen molar-refractivity contribution in [3.63, 3.8) is 0 Å². The van der Waals surface area contributed by atoms with Gasteiger partial charge in [-0.25, -0.2) is 0 Å². The summed E-state index contributed by atoms with van der Waals surface area (Å²) in [7, 11) is 0. The third-order valence-electron chi connectivity index (χ3n) is 3.86. The average Bonchev–Trinajstić information content (AvgIpc) is 2.51. The molecule has 1 aliphatic heterocycles. The summed E-state index contributed by atoms with van der Waals surface area (Å²) in [4.78, 5) is 0. The highest BCUT2D eigenvalue weighted by Crippen LogP contribution is 2.41. The second-order valence-electron chi connectivity index (χ2n) is 6.39. The first-order chi connectivity index (χ1) is 12.0. The van der Waals surface area contributed by atoms with Gasteiger partial charge in [-0.1, -0.05) is 12.1 Å². The van der Waals surface area contributed by atoms with Crippen LogP contribution in [0.15, 0.2) is 48.5 Å². The summed E-state index contributed by atoms with van der Waals surface area (Å²) in [6, 6.07) is 9.68. The zero-order chi connectivity index (χ0) is 19.1. The molecular weight excluding hydrogens is 367 g/mol.